The molecule has 1 unspecified atom stereocenters. The van der Waals surface area contributed by atoms with Gasteiger partial charge in [0.25, 0.3) is 0 Å². The lowest BCUT2D eigenvalue weighted by atomic mass is 10.0. The van der Waals surface area contributed by atoms with E-state index in [1.807, 2.05) is 16.8 Å². The number of rotatable bonds is 4. The Kier molecular flexibility index (Phi) is 5.56. The van der Waals surface area contributed by atoms with Crippen molar-refractivity contribution < 1.29 is 0 Å². The minimum absolute atomic E-state index is 0.0144. The molecule has 1 aliphatic rings. The molecule has 6 nitrogen and oxygen atoms in total. The van der Waals surface area contributed by atoms with Crippen LogP contribution in [0.1, 0.15) is 38.2 Å². The van der Waals surface area contributed by atoms with Gasteiger partial charge in [0, 0.05) is 36.9 Å². The van der Waals surface area contributed by atoms with Gasteiger partial charge >= 0.3 is 0 Å². The molecule has 4 rings (SSSR count). The average Bonchev–Trinajstić information content (AvgIpc) is 3.21. The van der Waals surface area contributed by atoms with E-state index in [1.54, 1.807) is 0 Å². The van der Waals surface area contributed by atoms with E-state index >= 15 is 0 Å². The first-order chi connectivity index (χ1) is 13.9. The smallest absolute Gasteiger partial charge is 0.173 e. The lowest BCUT2D eigenvalue weighted by Crippen LogP contribution is -2.48. The van der Waals surface area contributed by atoms with Gasteiger partial charge in [-0.1, -0.05) is 41.9 Å². The first-order valence-corrected chi connectivity index (χ1v) is 10.4. The molecule has 0 aliphatic carbocycles. The van der Waals surface area contributed by atoms with Crippen LogP contribution in [0.2, 0.25) is 5.02 Å². The molecule has 1 saturated heterocycles. The summed E-state index contributed by atoms with van der Waals surface area (Å²) in [5.74, 6) is 0.869. The zero-order valence-corrected chi connectivity index (χ0v) is 17.9. The Balaban J connectivity index is 1.64. The average molecular weight is 411 g/mol. The number of benzene rings is 2. The van der Waals surface area contributed by atoms with E-state index in [-0.39, 0.29) is 11.6 Å². The van der Waals surface area contributed by atoms with Crippen molar-refractivity contribution in [1.82, 2.24) is 25.1 Å². The molecule has 7 heteroatoms. The maximum Gasteiger partial charge on any atom is 0.173 e. The minimum Gasteiger partial charge on any atom is -0.369 e. The van der Waals surface area contributed by atoms with Crippen LogP contribution >= 0.6 is 11.6 Å². The fourth-order valence-corrected chi connectivity index (χ4v) is 4.01. The molecule has 0 bridgehead atoms. The number of hydrogen-bond acceptors (Lipinski definition) is 5. The number of nitrogens with zero attached hydrogens (tertiary/aromatic N) is 6. The number of anilines is 1. The van der Waals surface area contributed by atoms with Crippen LogP contribution in [-0.4, -0.2) is 51.3 Å². The third-order valence-corrected chi connectivity index (χ3v) is 5.61. The first kappa shape index (κ1) is 19.9. The Morgan fingerprint density at radius 2 is 1.55 bits per heavy atom. The molecule has 0 spiro atoms. The van der Waals surface area contributed by atoms with Crippen molar-refractivity contribution in [2.24, 2.45) is 0 Å². The number of piperazine rings is 1. The summed E-state index contributed by atoms with van der Waals surface area (Å²) in [6, 6.07) is 18.6. The summed E-state index contributed by atoms with van der Waals surface area (Å²) in [6.45, 7) is 10.2. The monoisotopic (exact) mass is 410 g/mol. The maximum absolute atomic E-state index is 6.15. The molecule has 1 atom stereocenters. The molecule has 0 N–H and O–H groups in total. The van der Waals surface area contributed by atoms with Gasteiger partial charge in [-0.25, -0.2) is 4.68 Å². The standard InChI is InChI=1S/C22H27ClN6/c1-22(2,3)29-21(24-25-26-29)20(17-9-11-18(23)12-10-17)28-15-13-27(14-16-28)19-7-5-4-6-8-19/h4-12,20H,13-16H2,1-3H3. The largest absolute Gasteiger partial charge is 0.369 e. The van der Waals surface area contributed by atoms with E-state index in [1.165, 1.54) is 5.69 Å². The van der Waals surface area contributed by atoms with Gasteiger partial charge in [0.2, 0.25) is 0 Å². The second kappa shape index (κ2) is 8.13. The van der Waals surface area contributed by atoms with E-state index in [2.05, 4.69) is 88.6 Å². The Hall–Kier alpha value is -2.44. The van der Waals surface area contributed by atoms with Crippen molar-refractivity contribution in [3.63, 3.8) is 0 Å². The maximum atomic E-state index is 6.15. The Bertz CT molecular complexity index is 924. The van der Waals surface area contributed by atoms with Crippen molar-refractivity contribution in [2.75, 3.05) is 31.1 Å². The van der Waals surface area contributed by atoms with Crippen LogP contribution in [0.3, 0.4) is 0 Å². The number of halogens is 1. The van der Waals surface area contributed by atoms with Crippen molar-refractivity contribution in [3.05, 3.63) is 71.0 Å². The van der Waals surface area contributed by atoms with Crippen LogP contribution in [0.15, 0.2) is 54.6 Å². The number of para-hydroxylation sites is 1. The fraction of sp³-hybridized carbons (Fsp3) is 0.409. The summed E-state index contributed by atoms with van der Waals surface area (Å²) in [5.41, 5.74) is 2.23. The summed E-state index contributed by atoms with van der Waals surface area (Å²) in [4.78, 5) is 4.90. The molecule has 29 heavy (non-hydrogen) atoms. The normalized spacial score (nSPS) is 16.8. The third-order valence-electron chi connectivity index (χ3n) is 5.36. The number of aromatic nitrogens is 4. The summed E-state index contributed by atoms with van der Waals surface area (Å²) >= 11 is 6.15. The molecule has 152 valence electrons. The van der Waals surface area contributed by atoms with Crippen molar-refractivity contribution in [1.29, 1.82) is 0 Å². The molecule has 1 aromatic heterocycles. The van der Waals surface area contributed by atoms with Crippen LogP contribution in [-0.2, 0) is 5.54 Å². The van der Waals surface area contributed by atoms with Crippen LogP contribution in [0.4, 0.5) is 5.69 Å². The van der Waals surface area contributed by atoms with E-state index in [0.717, 1.165) is 42.6 Å². The van der Waals surface area contributed by atoms with Crippen LogP contribution < -0.4 is 4.90 Å². The zero-order chi connectivity index (χ0) is 20.4. The molecule has 0 radical (unpaired) electrons. The lowest BCUT2D eigenvalue weighted by molar-refractivity contribution is 0.191. The SMILES string of the molecule is CC(C)(C)n1nnnc1C(c1ccc(Cl)cc1)N1CCN(c2ccccc2)CC1. The predicted molar refractivity (Wildman–Crippen MR) is 116 cm³/mol. The molecule has 1 fully saturated rings. The summed E-state index contributed by atoms with van der Waals surface area (Å²) in [7, 11) is 0. The molecule has 1 aliphatic heterocycles. The van der Waals surface area contributed by atoms with Gasteiger partial charge < -0.3 is 4.90 Å². The highest BCUT2D eigenvalue weighted by Gasteiger charge is 2.33. The molecular formula is C22H27ClN6. The highest BCUT2D eigenvalue weighted by Crippen LogP contribution is 2.31. The highest BCUT2D eigenvalue weighted by molar-refractivity contribution is 6.30. The van der Waals surface area contributed by atoms with E-state index in [9.17, 15) is 0 Å². The van der Waals surface area contributed by atoms with Crippen molar-refractivity contribution >= 4 is 17.3 Å². The molecule has 3 aromatic rings. The highest BCUT2D eigenvalue weighted by atomic mass is 35.5. The van der Waals surface area contributed by atoms with Gasteiger partial charge in [-0.2, -0.15) is 0 Å². The van der Waals surface area contributed by atoms with Crippen LogP contribution in [0, 0.1) is 0 Å². The fourth-order valence-electron chi connectivity index (χ4n) is 3.89. The van der Waals surface area contributed by atoms with Gasteiger partial charge in [-0.05, 0) is 61.0 Å². The van der Waals surface area contributed by atoms with Crippen molar-refractivity contribution in [2.45, 2.75) is 32.4 Å². The Morgan fingerprint density at radius 3 is 2.17 bits per heavy atom. The molecule has 2 aromatic carbocycles. The third kappa shape index (κ3) is 4.28. The van der Waals surface area contributed by atoms with Gasteiger partial charge in [0.1, 0.15) is 0 Å². The Labute approximate surface area is 177 Å². The molecular weight excluding hydrogens is 384 g/mol. The Morgan fingerprint density at radius 1 is 0.897 bits per heavy atom. The predicted octanol–water partition coefficient (Wildman–Crippen LogP) is 3.99. The quantitative estimate of drug-likeness (QED) is 0.650. The van der Waals surface area contributed by atoms with Crippen molar-refractivity contribution in [3.8, 4) is 0 Å². The summed E-state index contributed by atoms with van der Waals surface area (Å²) in [5, 5.41) is 13.5. The minimum atomic E-state index is -0.199. The van der Waals surface area contributed by atoms with Crippen LogP contribution in [0.25, 0.3) is 0 Å². The molecule has 0 amide bonds. The second-order valence-electron chi connectivity index (χ2n) is 8.43. The summed E-state index contributed by atoms with van der Waals surface area (Å²) < 4.78 is 1.94. The summed E-state index contributed by atoms with van der Waals surface area (Å²) in [6.07, 6.45) is 0. The van der Waals surface area contributed by atoms with Gasteiger partial charge in [0.05, 0.1) is 11.6 Å². The van der Waals surface area contributed by atoms with E-state index < -0.39 is 0 Å². The van der Waals surface area contributed by atoms with E-state index in [4.69, 9.17) is 11.6 Å². The zero-order valence-electron chi connectivity index (χ0n) is 17.2. The first-order valence-electron chi connectivity index (χ1n) is 10.0. The van der Waals surface area contributed by atoms with Gasteiger partial charge in [-0.3, -0.25) is 4.90 Å². The molecule has 2 heterocycles. The topological polar surface area (TPSA) is 50.1 Å². The van der Waals surface area contributed by atoms with Crippen LogP contribution in [0.5, 0.6) is 0 Å². The van der Waals surface area contributed by atoms with E-state index in [0.29, 0.717) is 0 Å². The van der Waals surface area contributed by atoms with Gasteiger partial charge in [-0.15, -0.1) is 5.10 Å². The molecule has 0 saturated carbocycles. The lowest BCUT2D eigenvalue weighted by Gasteiger charge is -2.40. The van der Waals surface area contributed by atoms with Gasteiger partial charge in [0.15, 0.2) is 5.82 Å². The number of hydrogen-bond donors (Lipinski definition) is 0. The number of tetrazole rings is 1. The second-order valence-corrected chi connectivity index (χ2v) is 8.87.